The Kier molecular flexibility index (Phi) is 3.64. The molecule has 2 rings (SSSR count). The number of fused-ring (bicyclic) bond motifs is 1. The number of nitrogens with zero attached hydrogens (tertiary/aromatic N) is 2. The SMILES string of the molecule is CNCc1cc(N(C)C)c2cccc(Br)c2n1. The van der Waals surface area contributed by atoms with Gasteiger partial charge >= 0.3 is 0 Å². The first-order valence-corrected chi connectivity index (χ1v) is 6.33. The lowest BCUT2D eigenvalue weighted by Gasteiger charge is -2.17. The molecule has 0 spiro atoms. The minimum Gasteiger partial charge on any atom is -0.377 e. The molecule has 0 saturated carbocycles. The van der Waals surface area contributed by atoms with Crippen LogP contribution in [-0.2, 0) is 6.54 Å². The van der Waals surface area contributed by atoms with Gasteiger partial charge in [-0.25, -0.2) is 0 Å². The standard InChI is InChI=1S/C13H16BrN3/c1-15-8-9-7-12(17(2)3)10-5-4-6-11(14)13(10)16-9/h4-7,15H,8H2,1-3H3. The van der Waals surface area contributed by atoms with Crippen LogP contribution in [0.4, 0.5) is 5.69 Å². The van der Waals surface area contributed by atoms with Crippen LogP contribution >= 0.6 is 15.9 Å². The molecule has 0 atom stereocenters. The Morgan fingerprint density at radius 3 is 2.76 bits per heavy atom. The third-order valence-electron chi connectivity index (χ3n) is 2.66. The van der Waals surface area contributed by atoms with E-state index in [-0.39, 0.29) is 0 Å². The van der Waals surface area contributed by atoms with Crippen LogP contribution in [0.25, 0.3) is 10.9 Å². The first-order chi connectivity index (χ1) is 8.13. The third-order valence-corrected chi connectivity index (χ3v) is 3.30. The summed E-state index contributed by atoms with van der Waals surface area (Å²) in [5.41, 5.74) is 3.26. The summed E-state index contributed by atoms with van der Waals surface area (Å²) < 4.78 is 1.04. The van der Waals surface area contributed by atoms with Gasteiger partial charge in [0.2, 0.25) is 0 Å². The molecule has 0 unspecified atom stereocenters. The van der Waals surface area contributed by atoms with Crippen LogP contribution in [-0.4, -0.2) is 26.1 Å². The lowest BCUT2D eigenvalue weighted by molar-refractivity contribution is 0.795. The van der Waals surface area contributed by atoms with E-state index in [4.69, 9.17) is 0 Å². The molecule has 3 nitrogen and oxygen atoms in total. The van der Waals surface area contributed by atoms with Gasteiger partial charge in [-0.2, -0.15) is 0 Å². The van der Waals surface area contributed by atoms with Crippen LogP contribution in [0.2, 0.25) is 0 Å². The summed E-state index contributed by atoms with van der Waals surface area (Å²) in [7, 11) is 6.04. The fourth-order valence-electron chi connectivity index (χ4n) is 1.89. The molecule has 1 aromatic heterocycles. The molecule has 1 N–H and O–H groups in total. The number of hydrogen-bond donors (Lipinski definition) is 1. The second kappa shape index (κ2) is 5.02. The Hall–Kier alpha value is -1.13. The van der Waals surface area contributed by atoms with E-state index in [1.165, 1.54) is 11.1 Å². The molecule has 17 heavy (non-hydrogen) atoms. The molecule has 0 fully saturated rings. The van der Waals surface area contributed by atoms with Crippen molar-refractivity contribution >= 4 is 32.5 Å². The highest BCUT2D eigenvalue weighted by Gasteiger charge is 2.09. The Morgan fingerprint density at radius 1 is 1.35 bits per heavy atom. The summed E-state index contributed by atoms with van der Waals surface area (Å²) in [5, 5.41) is 4.31. The minimum atomic E-state index is 0.776. The molecule has 0 aliphatic rings. The number of aromatic nitrogens is 1. The smallest absolute Gasteiger partial charge is 0.0868 e. The monoisotopic (exact) mass is 293 g/mol. The number of rotatable bonds is 3. The summed E-state index contributed by atoms with van der Waals surface area (Å²) in [4.78, 5) is 6.79. The molecule has 0 amide bonds. The number of hydrogen-bond acceptors (Lipinski definition) is 3. The van der Waals surface area contributed by atoms with Crippen LogP contribution in [0.5, 0.6) is 0 Å². The Bertz CT molecular complexity index is 537. The van der Waals surface area contributed by atoms with Crippen LogP contribution in [0.3, 0.4) is 0 Å². The summed E-state index contributed by atoms with van der Waals surface area (Å²) in [6.45, 7) is 0.776. The van der Waals surface area contributed by atoms with Gasteiger partial charge in [-0.3, -0.25) is 4.98 Å². The number of pyridine rings is 1. The predicted octanol–water partition coefficient (Wildman–Crippen LogP) is 2.78. The zero-order valence-corrected chi connectivity index (χ0v) is 11.9. The molecule has 1 heterocycles. The topological polar surface area (TPSA) is 28.2 Å². The highest BCUT2D eigenvalue weighted by molar-refractivity contribution is 9.10. The van der Waals surface area contributed by atoms with Crippen LogP contribution in [0, 0.1) is 0 Å². The lowest BCUT2D eigenvalue weighted by atomic mass is 10.1. The fraction of sp³-hybridized carbons (Fsp3) is 0.308. The van der Waals surface area contributed by atoms with Gasteiger partial charge in [0.15, 0.2) is 0 Å². The van der Waals surface area contributed by atoms with Crippen LogP contribution in [0.15, 0.2) is 28.7 Å². The largest absolute Gasteiger partial charge is 0.377 e. The van der Waals surface area contributed by atoms with E-state index in [1.54, 1.807) is 0 Å². The van der Waals surface area contributed by atoms with Gasteiger partial charge in [0.25, 0.3) is 0 Å². The lowest BCUT2D eigenvalue weighted by Crippen LogP contribution is -2.12. The molecule has 1 aromatic carbocycles. The van der Waals surface area contributed by atoms with E-state index in [0.717, 1.165) is 22.2 Å². The summed E-state index contributed by atoms with van der Waals surface area (Å²) >= 11 is 3.56. The van der Waals surface area contributed by atoms with Crippen LogP contribution in [0.1, 0.15) is 5.69 Å². The van der Waals surface area contributed by atoms with Crippen molar-refractivity contribution < 1.29 is 0 Å². The van der Waals surface area contributed by atoms with E-state index in [9.17, 15) is 0 Å². The number of benzene rings is 1. The molecular weight excluding hydrogens is 278 g/mol. The van der Waals surface area contributed by atoms with Gasteiger partial charge in [0.05, 0.1) is 11.2 Å². The van der Waals surface area contributed by atoms with E-state index < -0.39 is 0 Å². The molecule has 0 aliphatic carbocycles. The Balaban J connectivity index is 2.72. The summed E-state index contributed by atoms with van der Waals surface area (Å²) in [6.07, 6.45) is 0. The zero-order valence-electron chi connectivity index (χ0n) is 10.3. The first-order valence-electron chi connectivity index (χ1n) is 5.53. The molecular formula is C13H16BrN3. The van der Waals surface area contributed by atoms with Gasteiger partial charge in [-0.05, 0) is 35.1 Å². The average Bonchev–Trinajstić information content (AvgIpc) is 2.29. The number of halogens is 1. The normalized spacial score (nSPS) is 10.8. The van der Waals surface area contributed by atoms with Gasteiger partial charge in [0.1, 0.15) is 0 Å². The number of para-hydroxylation sites is 1. The predicted molar refractivity (Wildman–Crippen MR) is 76.5 cm³/mol. The highest BCUT2D eigenvalue weighted by Crippen LogP contribution is 2.30. The maximum atomic E-state index is 4.67. The fourth-order valence-corrected chi connectivity index (χ4v) is 2.34. The zero-order chi connectivity index (χ0) is 12.4. The van der Waals surface area contributed by atoms with Gasteiger partial charge in [-0.1, -0.05) is 12.1 Å². The van der Waals surface area contributed by atoms with Gasteiger partial charge in [-0.15, -0.1) is 0 Å². The Morgan fingerprint density at radius 2 is 2.12 bits per heavy atom. The van der Waals surface area contributed by atoms with Crippen molar-refractivity contribution in [3.8, 4) is 0 Å². The second-order valence-electron chi connectivity index (χ2n) is 4.19. The third kappa shape index (κ3) is 2.42. The number of nitrogens with one attached hydrogen (secondary N) is 1. The van der Waals surface area contributed by atoms with Crippen molar-refractivity contribution in [1.29, 1.82) is 0 Å². The maximum absolute atomic E-state index is 4.67. The van der Waals surface area contributed by atoms with Crippen molar-refractivity contribution in [2.24, 2.45) is 0 Å². The number of anilines is 1. The van der Waals surface area contributed by atoms with Crippen molar-refractivity contribution in [3.63, 3.8) is 0 Å². The molecule has 2 aromatic rings. The minimum absolute atomic E-state index is 0.776. The molecule has 4 heteroatoms. The van der Waals surface area contributed by atoms with Crippen molar-refractivity contribution in [2.75, 3.05) is 26.0 Å². The van der Waals surface area contributed by atoms with Gasteiger partial charge in [0, 0.05) is 36.2 Å². The second-order valence-corrected chi connectivity index (χ2v) is 5.05. The molecule has 0 aliphatic heterocycles. The molecule has 0 radical (unpaired) electrons. The van der Waals surface area contributed by atoms with E-state index >= 15 is 0 Å². The quantitative estimate of drug-likeness (QED) is 0.943. The van der Waals surface area contributed by atoms with Gasteiger partial charge < -0.3 is 10.2 Å². The maximum Gasteiger partial charge on any atom is 0.0868 e. The Labute approximate surface area is 110 Å². The summed E-state index contributed by atoms with van der Waals surface area (Å²) in [5.74, 6) is 0. The molecule has 90 valence electrons. The van der Waals surface area contributed by atoms with Crippen molar-refractivity contribution in [2.45, 2.75) is 6.54 Å². The summed E-state index contributed by atoms with van der Waals surface area (Å²) in [6, 6.07) is 8.30. The highest BCUT2D eigenvalue weighted by atomic mass is 79.9. The molecule has 0 saturated heterocycles. The van der Waals surface area contributed by atoms with E-state index in [2.05, 4.69) is 57.4 Å². The van der Waals surface area contributed by atoms with E-state index in [0.29, 0.717) is 0 Å². The van der Waals surface area contributed by atoms with Crippen molar-refractivity contribution in [1.82, 2.24) is 10.3 Å². The van der Waals surface area contributed by atoms with Crippen LogP contribution < -0.4 is 10.2 Å². The van der Waals surface area contributed by atoms with E-state index in [1.807, 2.05) is 19.2 Å². The first kappa shape index (κ1) is 12.3. The molecule has 0 bridgehead atoms. The van der Waals surface area contributed by atoms with Crippen molar-refractivity contribution in [3.05, 3.63) is 34.4 Å². The average molecular weight is 294 g/mol.